The van der Waals surface area contributed by atoms with Crippen molar-refractivity contribution in [1.29, 1.82) is 0 Å². The van der Waals surface area contributed by atoms with Crippen molar-refractivity contribution in [2.45, 2.75) is 64.3 Å². The summed E-state index contributed by atoms with van der Waals surface area (Å²) in [5.41, 5.74) is 3.54. The van der Waals surface area contributed by atoms with Gasteiger partial charge in [0.25, 0.3) is 0 Å². The Labute approximate surface area is 225 Å². The molecule has 2 fully saturated rings. The minimum Gasteiger partial charge on any atom is -0.331 e. The molecule has 1 saturated heterocycles. The van der Waals surface area contributed by atoms with Crippen LogP contribution in [0.4, 0.5) is 4.79 Å². The fourth-order valence-corrected chi connectivity index (χ4v) is 5.56. The third-order valence-corrected chi connectivity index (χ3v) is 9.18. The van der Waals surface area contributed by atoms with Gasteiger partial charge >= 0.3 is 6.03 Å². The average Bonchev–Trinajstić information content (AvgIpc) is 3.51. The Kier molecular flexibility index (Phi) is 8.50. The van der Waals surface area contributed by atoms with Crippen LogP contribution in [0.3, 0.4) is 0 Å². The number of benzene rings is 1. The number of nitrogens with zero attached hydrogens (tertiary/aromatic N) is 5. The lowest BCUT2D eigenvalue weighted by Gasteiger charge is -2.21. The predicted molar refractivity (Wildman–Crippen MR) is 152 cm³/mol. The second-order valence-corrected chi connectivity index (χ2v) is 12.8. The van der Waals surface area contributed by atoms with E-state index in [1.807, 2.05) is 23.1 Å². The van der Waals surface area contributed by atoms with Gasteiger partial charge in [-0.3, -0.25) is 4.68 Å². The molecule has 2 aliphatic rings. The molecule has 1 aliphatic heterocycles. The van der Waals surface area contributed by atoms with Crippen LogP contribution in [0.1, 0.15) is 81.3 Å². The van der Waals surface area contributed by atoms with Gasteiger partial charge in [0.15, 0.2) is 9.84 Å². The molecule has 204 valence electrons. The Morgan fingerprint density at radius 1 is 1.21 bits per heavy atom. The van der Waals surface area contributed by atoms with Crippen LogP contribution in [-0.2, 0) is 9.84 Å². The van der Waals surface area contributed by atoms with Gasteiger partial charge in [0.05, 0.1) is 22.9 Å². The van der Waals surface area contributed by atoms with E-state index in [0.717, 1.165) is 5.69 Å². The molecule has 2 amide bonds. The van der Waals surface area contributed by atoms with E-state index in [9.17, 15) is 13.2 Å². The summed E-state index contributed by atoms with van der Waals surface area (Å²) in [5, 5.41) is 7.85. The topological polar surface area (TPSA) is 109 Å². The standard InChI is InChI=1S/C28H38N6O3S/c1-6-38(36,37)20(4)15-30-27(29-5)16-31-28(35)33-17-23(21-10-8-7-9-11-21)24(18-33)26-14-25(22-12-13-22)32-34(26)19(2)3/h7-11,14-15,19,22-24H,5-6,12-13,16-18H2,1-4H3,(H,31,35)/b20-15+,30-27-. The van der Waals surface area contributed by atoms with Crippen LogP contribution in [0.5, 0.6) is 0 Å². The highest BCUT2D eigenvalue weighted by Crippen LogP contribution is 2.44. The number of hydrogen-bond acceptors (Lipinski definition) is 5. The summed E-state index contributed by atoms with van der Waals surface area (Å²) in [6.07, 6.45) is 3.64. The largest absolute Gasteiger partial charge is 0.331 e. The number of carbonyl (C=O) groups excluding carboxylic acids is 1. The Morgan fingerprint density at radius 3 is 2.50 bits per heavy atom. The molecule has 0 radical (unpaired) electrons. The van der Waals surface area contributed by atoms with Gasteiger partial charge in [0, 0.05) is 48.8 Å². The number of hydrogen-bond donors (Lipinski definition) is 1. The van der Waals surface area contributed by atoms with Crippen molar-refractivity contribution in [3.05, 3.63) is 64.5 Å². The van der Waals surface area contributed by atoms with Gasteiger partial charge in [-0.1, -0.05) is 37.3 Å². The van der Waals surface area contributed by atoms with Gasteiger partial charge in [-0.15, -0.1) is 0 Å². The molecule has 0 bridgehead atoms. The Bertz CT molecular complexity index is 1330. The van der Waals surface area contributed by atoms with Gasteiger partial charge in [-0.25, -0.2) is 23.2 Å². The minimum atomic E-state index is -3.33. The highest BCUT2D eigenvalue weighted by Gasteiger charge is 2.40. The molecule has 2 aromatic rings. The maximum Gasteiger partial charge on any atom is 0.317 e. The molecule has 2 heterocycles. The third kappa shape index (κ3) is 6.23. The Balaban J connectivity index is 1.53. The smallest absolute Gasteiger partial charge is 0.317 e. The van der Waals surface area contributed by atoms with Crippen LogP contribution in [0.15, 0.2) is 57.5 Å². The van der Waals surface area contributed by atoms with Crippen LogP contribution in [0, 0.1) is 0 Å². The van der Waals surface area contributed by atoms with Crippen LogP contribution < -0.4 is 5.32 Å². The van der Waals surface area contributed by atoms with Crippen molar-refractivity contribution in [2.24, 2.45) is 9.98 Å². The number of nitrogens with one attached hydrogen (secondary N) is 1. The monoisotopic (exact) mass is 538 g/mol. The summed E-state index contributed by atoms with van der Waals surface area (Å²) in [6.45, 7) is 12.1. The summed E-state index contributed by atoms with van der Waals surface area (Å²) < 4.78 is 26.1. The number of carbonyl (C=O) groups is 1. The van der Waals surface area contributed by atoms with E-state index in [1.165, 1.54) is 37.2 Å². The lowest BCUT2D eigenvalue weighted by atomic mass is 9.86. The first-order chi connectivity index (χ1) is 18.1. The number of rotatable bonds is 9. The fourth-order valence-electron chi connectivity index (χ4n) is 4.89. The number of likely N-dealkylation sites (tertiary alicyclic amines) is 1. The SMILES string of the molecule is C=N/C(CNC(=O)N1CC(c2ccccc2)C(c2cc(C3CC3)nn2C(C)C)C1)=N\C=C(/C)S(=O)(=O)CC. The molecule has 9 nitrogen and oxygen atoms in total. The van der Waals surface area contributed by atoms with Crippen LogP contribution in [0.25, 0.3) is 0 Å². The molecule has 1 aromatic heterocycles. The van der Waals surface area contributed by atoms with Crippen LogP contribution in [-0.4, -0.2) is 67.1 Å². The predicted octanol–water partition coefficient (Wildman–Crippen LogP) is 4.63. The lowest BCUT2D eigenvalue weighted by Crippen LogP contribution is -2.40. The van der Waals surface area contributed by atoms with Crippen molar-refractivity contribution in [2.75, 3.05) is 25.4 Å². The molecule has 1 aliphatic carbocycles. The lowest BCUT2D eigenvalue weighted by molar-refractivity contribution is 0.209. The van der Waals surface area contributed by atoms with E-state index in [4.69, 9.17) is 5.10 Å². The second-order valence-electron chi connectivity index (χ2n) is 10.3. The Morgan fingerprint density at radius 2 is 1.89 bits per heavy atom. The summed E-state index contributed by atoms with van der Waals surface area (Å²) in [7, 11) is -3.33. The molecule has 2 unspecified atom stereocenters. The Hall–Kier alpha value is -3.27. The highest BCUT2D eigenvalue weighted by molar-refractivity contribution is 7.95. The maximum absolute atomic E-state index is 13.3. The molecule has 0 spiro atoms. The van der Waals surface area contributed by atoms with Crippen molar-refractivity contribution < 1.29 is 13.2 Å². The zero-order valence-electron chi connectivity index (χ0n) is 22.7. The summed E-state index contributed by atoms with van der Waals surface area (Å²) in [6, 6.07) is 12.6. The van der Waals surface area contributed by atoms with E-state index in [0.29, 0.717) is 19.0 Å². The zero-order chi connectivity index (χ0) is 27.4. The fraction of sp³-hybridized carbons (Fsp3) is 0.500. The van der Waals surface area contributed by atoms with Gasteiger partial charge in [-0.2, -0.15) is 5.10 Å². The number of allylic oxidation sites excluding steroid dienone is 1. The number of aliphatic imine (C=N–C) groups is 2. The van der Waals surface area contributed by atoms with Gasteiger partial charge in [0.1, 0.15) is 5.84 Å². The third-order valence-electron chi connectivity index (χ3n) is 7.33. The quantitative estimate of drug-likeness (QED) is 0.371. The van der Waals surface area contributed by atoms with Gasteiger partial charge < -0.3 is 10.2 Å². The van der Waals surface area contributed by atoms with Crippen LogP contribution in [0.2, 0.25) is 0 Å². The number of urea groups is 1. The zero-order valence-corrected chi connectivity index (χ0v) is 23.5. The maximum atomic E-state index is 13.3. The first-order valence-corrected chi connectivity index (χ1v) is 14.9. The van der Waals surface area contributed by atoms with Crippen molar-refractivity contribution in [3.63, 3.8) is 0 Å². The first kappa shape index (κ1) is 27.8. The van der Waals surface area contributed by atoms with Crippen LogP contribution >= 0.6 is 0 Å². The number of aromatic nitrogens is 2. The number of amides is 2. The number of amidine groups is 1. The molecule has 10 heteroatoms. The van der Waals surface area contributed by atoms with Crippen molar-refractivity contribution >= 4 is 28.4 Å². The minimum absolute atomic E-state index is 0.00495. The van der Waals surface area contributed by atoms with E-state index in [2.05, 4.69) is 58.7 Å². The second kappa shape index (κ2) is 11.6. The van der Waals surface area contributed by atoms with E-state index >= 15 is 0 Å². The van der Waals surface area contributed by atoms with E-state index in [-0.39, 0.29) is 46.9 Å². The molecule has 1 saturated carbocycles. The van der Waals surface area contributed by atoms with E-state index < -0.39 is 9.84 Å². The van der Waals surface area contributed by atoms with Crippen molar-refractivity contribution in [1.82, 2.24) is 20.0 Å². The molecule has 4 rings (SSSR count). The molecule has 1 aromatic carbocycles. The van der Waals surface area contributed by atoms with Gasteiger partial charge in [-0.05, 0) is 52.0 Å². The number of sulfone groups is 1. The molecule has 2 atom stereocenters. The summed E-state index contributed by atoms with van der Waals surface area (Å²) in [5.74, 6) is 1.04. The van der Waals surface area contributed by atoms with E-state index in [1.54, 1.807) is 6.92 Å². The first-order valence-electron chi connectivity index (χ1n) is 13.2. The molecular weight excluding hydrogens is 500 g/mol. The molecule has 38 heavy (non-hydrogen) atoms. The molecular formula is C28H38N6O3S. The summed E-state index contributed by atoms with van der Waals surface area (Å²) in [4.78, 5) is 23.3. The average molecular weight is 539 g/mol. The molecule has 1 N–H and O–H groups in total. The summed E-state index contributed by atoms with van der Waals surface area (Å²) >= 11 is 0. The van der Waals surface area contributed by atoms with Crippen molar-refractivity contribution in [3.8, 4) is 0 Å². The highest BCUT2D eigenvalue weighted by atomic mass is 32.2. The van der Waals surface area contributed by atoms with Gasteiger partial charge in [0.2, 0.25) is 0 Å². The normalized spacial score (nSPS) is 20.7.